The summed E-state index contributed by atoms with van der Waals surface area (Å²) in [7, 11) is 0. The molecule has 156 valence electrons. The Bertz CT molecular complexity index is 1360. The molecule has 0 aliphatic rings. The van der Waals surface area contributed by atoms with Crippen molar-refractivity contribution in [1.82, 2.24) is 15.0 Å². The molecule has 0 bridgehead atoms. The van der Waals surface area contributed by atoms with Crippen LogP contribution in [0.2, 0.25) is 0 Å². The molecule has 0 N–H and O–H groups in total. The molecule has 1 unspecified atom stereocenters. The monoisotopic (exact) mass is 417 g/mol. The Kier molecular flexibility index (Phi) is 5.12. The van der Waals surface area contributed by atoms with Gasteiger partial charge < -0.3 is 0 Å². The molecule has 0 aliphatic heterocycles. The quantitative estimate of drug-likeness (QED) is 0.328. The molecular weight excluding hydrogens is 394 g/mol. The van der Waals surface area contributed by atoms with E-state index in [9.17, 15) is 4.79 Å². The number of rotatable bonds is 6. The number of ketones is 1. The maximum Gasteiger partial charge on any atom is 0.166 e. The van der Waals surface area contributed by atoms with E-state index in [-0.39, 0.29) is 12.2 Å². The molecule has 4 nitrogen and oxygen atoms in total. The van der Waals surface area contributed by atoms with E-state index in [1.54, 1.807) is 0 Å². The van der Waals surface area contributed by atoms with Gasteiger partial charge in [0.05, 0.1) is 5.52 Å². The van der Waals surface area contributed by atoms with Gasteiger partial charge in [-0.1, -0.05) is 108 Å². The van der Waals surface area contributed by atoms with Gasteiger partial charge in [0.15, 0.2) is 5.78 Å². The molecule has 5 rings (SSSR count). The fraction of sp³-hybridized carbons (Fsp3) is 0.107. The summed E-state index contributed by atoms with van der Waals surface area (Å²) >= 11 is 0. The fourth-order valence-corrected chi connectivity index (χ4v) is 4.34. The predicted octanol–water partition coefficient (Wildman–Crippen LogP) is 5.80. The topological polar surface area (TPSA) is 47.8 Å². The Balaban J connectivity index is 1.81. The van der Waals surface area contributed by atoms with Crippen LogP contribution in [0.5, 0.6) is 0 Å². The molecule has 0 saturated carbocycles. The van der Waals surface area contributed by atoms with Gasteiger partial charge in [0, 0.05) is 12.0 Å². The van der Waals surface area contributed by atoms with E-state index in [0.717, 1.165) is 27.7 Å². The number of aromatic nitrogens is 3. The van der Waals surface area contributed by atoms with Gasteiger partial charge in [-0.2, -0.15) is 0 Å². The molecule has 4 heteroatoms. The molecule has 0 spiro atoms. The van der Waals surface area contributed by atoms with Crippen molar-refractivity contribution in [1.29, 1.82) is 0 Å². The van der Waals surface area contributed by atoms with Gasteiger partial charge in [0.2, 0.25) is 0 Å². The normalized spacial score (nSPS) is 13.0. The van der Waals surface area contributed by atoms with Crippen LogP contribution in [-0.2, 0) is 5.54 Å². The number of hydrogen-bond acceptors (Lipinski definition) is 3. The maximum atomic E-state index is 13.6. The van der Waals surface area contributed by atoms with Crippen molar-refractivity contribution in [3.05, 3.63) is 131 Å². The summed E-state index contributed by atoms with van der Waals surface area (Å²) < 4.78 is 1.92. The van der Waals surface area contributed by atoms with E-state index in [4.69, 9.17) is 0 Å². The average Bonchev–Trinajstić information content (AvgIpc) is 3.29. The van der Waals surface area contributed by atoms with Crippen LogP contribution in [0.4, 0.5) is 0 Å². The lowest BCUT2D eigenvalue weighted by molar-refractivity contribution is 0.0947. The Morgan fingerprint density at radius 1 is 0.750 bits per heavy atom. The number of hydrogen-bond donors (Lipinski definition) is 0. The highest BCUT2D eigenvalue weighted by Crippen LogP contribution is 2.40. The second kappa shape index (κ2) is 8.23. The summed E-state index contributed by atoms with van der Waals surface area (Å²) in [6.45, 7) is 2.06. The summed E-state index contributed by atoms with van der Waals surface area (Å²) in [6, 6.07) is 35.8. The van der Waals surface area contributed by atoms with Gasteiger partial charge in [0.25, 0.3) is 0 Å². The predicted molar refractivity (Wildman–Crippen MR) is 127 cm³/mol. The summed E-state index contributed by atoms with van der Waals surface area (Å²) in [4.78, 5) is 13.6. The summed E-state index contributed by atoms with van der Waals surface area (Å²) in [5, 5.41) is 9.04. The molecule has 4 aromatic carbocycles. The maximum absolute atomic E-state index is 13.6. The van der Waals surface area contributed by atoms with E-state index < -0.39 is 5.54 Å². The third kappa shape index (κ3) is 3.40. The van der Waals surface area contributed by atoms with E-state index in [1.807, 2.05) is 77.5 Å². The molecule has 0 fully saturated rings. The molecule has 1 heterocycles. The Morgan fingerprint density at radius 3 is 2.06 bits per heavy atom. The van der Waals surface area contributed by atoms with Crippen molar-refractivity contribution in [2.24, 2.45) is 0 Å². The highest BCUT2D eigenvalue weighted by molar-refractivity contribution is 5.97. The highest BCUT2D eigenvalue weighted by atomic mass is 16.1. The van der Waals surface area contributed by atoms with E-state index in [1.165, 1.54) is 0 Å². The molecule has 32 heavy (non-hydrogen) atoms. The zero-order valence-electron chi connectivity index (χ0n) is 17.8. The van der Waals surface area contributed by atoms with E-state index in [0.29, 0.717) is 5.56 Å². The van der Waals surface area contributed by atoms with Crippen molar-refractivity contribution in [2.45, 2.75) is 18.9 Å². The van der Waals surface area contributed by atoms with Gasteiger partial charge in [-0.15, -0.1) is 5.10 Å². The third-order valence-electron chi connectivity index (χ3n) is 6.01. The first-order valence-electron chi connectivity index (χ1n) is 10.7. The lowest BCUT2D eigenvalue weighted by Gasteiger charge is -2.35. The highest BCUT2D eigenvalue weighted by Gasteiger charge is 2.41. The van der Waals surface area contributed by atoms with Gasteiger partial charge in [-0.25, -0.2) is 4.68 Å². The van der Waals surface area contributed by atoms with E-state index in [2.05, 4.69) is 53.6 Å². The Hall–Kier alpha value is -4.05. The SMILES string of the molecule is Cc1ccc(C(CC(=O)c2ccccc2)(c2ccccc2)n2nnc3ccccc32)cc1. The summed E-state index contributed by atoms with van der Waals surface area (Å²) in [6.07, 6.45) is 0.220. The van der Waals surface area contributed by atoms with Crippen LogP contribution in [-0.4, -0.2) is 20.8 Å². The number of fused-ring (bicyclic) bond motifs is 1. The standard InChI is InChI=1S/C28H23N3O/c1-21-16-18-24(19-17-21)28(23-12-6-3-7-13-23,20-27(32)22-10-4-2-5-11-22)31-26-15-9-8-14-25(26)29-30-31/h2-19H,20H2,1H3. The van der Waals surface area contributed by atoms with Crippen LogP contribution in [0.25, 0.3) is 11.0 Å². The number of carbonyl (C=O) groups excluding carboxylic acids is 1. The van der Waals surface area contributed by atoms with Gasteiger partial charge in [0.1, 0.15) is 11.1 Å². The van der Waals surface area contributed by atoms with Crippen LogP contribution in [0.1, 0.15) is 33.5 Å². The average molecular weight is 418 g/mol. The summed E-state index contributed by atoms with van der Waals surface area (Å²) in [5.41, 5.74) is 4.67. The molecule has 0 amide bonds. The second-order valence-corrected chi connectivity index (χ2v) is 8.05. The Labute approximate surface area is 187 Å². The number of para-hydroxylation sites is 1. The number of Topliss-reactive ketones (excluding diaryl/α,β-unsaturated/α-hetero) is 1. The molecular formula is C28H23N3O. The molecule has 5 aromatic rings. The van der Waals surface area contributed by atoms with Crippen molar-refractivity contribution in [3.63, 3.8) is 0 Å². The largest absolute Gasteiger partial charge is 0.294 e. The van der Waals surface area contributed by atoms with Crippen LogP contribution in [0, 0.1) is 6.92 Å². The number of aryl methyl sites for hydroxylation is 1. The van der Waals surface area contributed by atoms with Crippen LogP contribution >= 0.6 is 0 Å². The molecule has 0 aliphatic carbocycles. The van der Waals surface area contributed by atoms with Gasteiger partial charge in [-0.05, 0) is 30.2 Å². The first-order valence-corrected chi connectivity index (χ1v) is 10.7. The smallest absolute Gasteiger partial charge is 0.166 e. The zero-order valence-corrected chi connectivity index (χ0v) is 17.8. The van der Waals surface area contributed by atoms with Crippen molar-refractivity contribution in [3.8, 4) is 0 Å². The van der Waals surface area contributed by atoms with Gasteiger partial charge in [-0.3, -0.25) is 4.79 Å². The molecule has 0 saturated heterocycles. The van der Waals surface area contributed by atoms with Crippen LogP contribution in [0.15, 0.2) is 109 Å². The van der Waals surface area contributed by atoms with E-state index >= 15 is 0 Å². The minimum Gasteiger partial charge on any atom is -0.294 e. The molecule has 0 radical (unpaired) electrons. The lowest BCUT2D eigenvalue weighted by Crippen LogP contribution is -2.39. The lowest BCUT2D eigenvalue weighted by atomic mass is 9.77. The molecule has 1 aromatic heterocycles. The minimum atomic E-state index is -0.849. The fourth-order valence-electron chi connectivity index (χ4n) is 4.34. The number of nitrogens with zero attached hydrogens (tertiary/aromatic N) is 3. The first-order chi connectivity index (χ1) is 15.7. The first kappa shape index (κ1) is 19.9. The summed E-state index contributed by atoms with van der Waals surface area (Å²) in [5.74, 6) is 0.0506. The van der Waals surface area contributed by atoms with Crippen LogP contribution in [0.3, 0.4) is 0 Å². The van der Waals surface area contributed by atoms with Gasteiger partial charge >= 0.3 is 0 Å². The van der Waals surface area contributed by atoms with Crippen molar-refractivity contribution >= 4 is 16.8 Å². The number of carbonyl (C=O) groups is 1. The van der Waals surface area contributed by atoms with Crippen LogP contribution < -0.4 is 0 Å². The molecule has 1 atom stereocenters. The Morgan fingerprint density at radius 2 is 1.34 bits per heavy atom. The minimum absolute atomic E-state index is 0.0506. The third-order valence-corrected chi connectivity index (χ3v) is 6.01. The second-order valence-electron chi connectivity index (χ2n) is 8.05. The van der Waals surface area contributed by atoms with Crippen molar-refractivity contribution in [2.75, 3.05) is 0 Å². The zero-order chi connectivity index (χ0) is 22.0. The van der Waals surface area contributed by atoms with Crippen molar-refractivity contribution < 1.29 is 4.79 Å². The number of benzene rings is 4.